The SMILES string of the molecule is NCCOc1ccc(NC(=O)c2ccc(Cl)cc2O)cc1. The predicted octanol–water partition coefficient (Wildman–Crippen LogP) is 2.64. The third-order valence-electron chi connectivity index (χ3n) is 2.70. The second-order valence-electron chi connectivity index (χ2n) is 4.28. The maximum Gasteiger partial charge on any atom is 0.259 e. The molecule has 110 valence electrons. The Labute approximate surface area is 127 Å². The van der Waals surface area contributed by atoms with Crippen molar-refractivity contribution in [1.82, 2.24) is 0 Å². The summed E-state index contributed by atoms with van der Waals surface area (Å²) < 4.78 is 5.34. The normalized spacial score (nSPS) is 10.2. The van der Waals surface area contributed by atoms with E-state index in [0.29, 0.717) is 29.6 Å². The minimum atomic E-state index is -0.417. The van der Waals surface area contributed by atoms with Crippen molar-refractivity contribution in [2.45, 2.75) is 0 Å². The van der Waals surface area contributed by atoms with Crippen LogP contribution in [0.3, 0.4) is 0 Å². The molecule has 0 unspecified atom stereocenters. The number of phenols is 1. The van der Waals surface area contributed by atoms with Gasteiger partial charge in [0.05, 0.1) is 5.56 Å². The molecule has 0 aliphatic carbocycles. The molecule has 0 aliphatic heterocycles. The number of nitrogens with one attached hydrogen (secondary N) is 1. The standard InChI is InChI=1S/C15H15ClN2O3/c16-10-1-6-13(14(19)9-10)15(20)18-11-2-4-12(5-3-11)21-8-7-17/h1-6,9,19H,7-8,17H2,(H,18,20). The van der Waals surface area contributed by atoms with E-state index in [0.717, 1.165) is 0 Å². The van der Waals surface area contributed by atoms with Gasteiger partial charge in [0.15, 0.2) is 0 Å². The quantitative estimate of drug-likeness (QED) is 0.793. The van der Waals surface area contributed by atoms with Crippen molar-refractivity contribution in [3.63, 3.8) is 0 Å². The molecule has 0 heterocycles. The zero-order valence-electron chi connectivity index (χ0n) is 11.2. The Morgan fingerprint density at radius 2 is 1.95 bits per heavy atom. The minimum absolute atomic E-state index is 0.155. The number of nitrogens with two attached hydrogens (primary N) is 1. The molecule has 2 rings (SSSR count). The Morgan fingerprint density at radius 3 is 2.57 bits per heavy atom. The summed E-state index contributed by atoms with van der Waals surface area (Å²) in [7, 11) is 0. The zero-order valence-corrected chi connectivity index (χ0v) is 11.9. The van der Waals surface area contributed by atoms with Crippen molar-refractivity contribution in [3.8, 4) is 11.5 Å². The molecule has 1 amide bonds. The van der Waals surface area contributed by atoms with Gasteiger partial charge in [-0.05, 0) is 42.5 Å². The van der Waals surface area contributed by atoms with Crippen LogP contribution in [0.15, 0.2) is 42.5 Å². The van der Waals surface area contributed by atoms with Crippen LogP contribution in [0.4, 0.5) is 5.69 Å². The van der Waals surface area contributed by atoms with E-state index in [1.165, 1.54) is 12.1 Å². The lowest BCUT2D eigenvalue weighted by Crippen LogP contribution is -2.12. The first-order valence-electron chi connectivity index (χ1n) is 6.33. The molecule has 0 bridgehead atoms. The highest BCUT2D eigenvalue weighted by molar-refractivity contribution is 6.30. The smallest absolute Gasteiger partial charge is 0.259 e. The summed E-state index contributed by atoms with van der Waals surface area (Å²) in [6, 6.07) is 11.2. The number of benzene rings is 2. The maximum absolute atomic E-state index is 12.0. The Bertz CT molecular complexity index is 629. The van der Waals surface area contributed by atoms with Crippen LogP contribution < -0.4 is 15.8 Å². The van der Waals surface area contributed by atoms with Crippen molar-refractivity contribution in [2.75, 3.05) is 18.5 Å². The van der Waals surface area contributed by atoms with E-state index < -0.39 is 5.91 Å². The van der Waals surface area contributed by atoms with E-state index in [1.54, 1.807) is 30.3 Å². The lowest BCUT2D eigenvalue weighted by atomic mass is 10.2. The molecule has 4 N–H and O–H groups in total. The van der Waals surface area contributed by atoms with Crippen LogP contribution in [0.5, 0.6) is 11.5 Å². The average Bonchev–Trinajstić information content (AvgIpc) is 2.46. The van der Waals surface area contributed by atoms with E-state index in [1.807, 2.05) is 0 Å². The fourth-order valence-corrected chi connectivity index (χ4v) is 1.87. The lowest BCUT2D eigenvalue weighted by Gasteiger charge is -2.08. The van der Waals surface area contributed by atoms with Crippen molar-refractivity contribution in [2.24, 2.45) is 5.73 Å². The molecule has 0 fully saturated rings. The molecule has 0 saturated heterocycles. The number of rotatable bonds is 5. The Hall–Kier alpha value is -2.24. The van der Waals surface area contributed by atoms with E-state index in [-0.39, 0.29) is 11.3 Å². The number of carbonyl (C=O) groups excluding carboxylic acids is 1. The average molecular weight is 307 g/mol. The fourth-order valence-electron chi connectivity index (χ4n) is 1.71. The summed E-state index contributed by atoms with van der Waals surface area (Å²) in [5, 5.41) is 12.7. The molecular formula is C15H15ClN2O3. The van der Waals surface area contributed by atoms with Gasteiger partial charge in [0.1, 0.15) is 18.1 Å². The van der Waals surface area contributed by atoms with Gasteiger partial charge in [0, 0.05) is 17.3 Å². The number of aromatic hydroxyl groups is 1. The van der Waals surface area contributed by atoms with Gasteiger partial charge in [-0.25, -0.2) is 0 Å². The van der Waals surface area contributed by atoms with Crippen molar-refractivity contribution >= 4 is 23.2 Å². The molecule has 5 nitrogen and oxygen atoms in total. The van der Waals surface area contributed by atoms with Crippen LogP contribution in [-0.4, -0.2) is 24.2 Å². The largest absolute Gasteiger partial charge is 0.507 e. The first kappa shape index (κ1) is 15.2. The van der Waals surface area contributed by atoms with Gasteiger partial charge in [-0.3, -0.25) is 4.79 Å². The summed E-state index contributed by atoms with van der Waals surface area (Å²) in [4.78, 5) is 12.0. The van der Waals surface area contributed by atoms with Crippen LogP contribution in [0.2, 0.25) is 5.02 Å². The number of carbonyl (C=O) groups is 1. The molecular weight excluding hydrogens is 292 g/mol. The summed E-state index contributed by atoms with van der Waals surface area (Å²) in [5.74, 6) is 0.0930. The third-order valence-corrected chi connectivity index (χ3v) is 2.94. The van der Waals surface area contributed by atoms with Gasteiger partial charge < -0.3 is 20.9 Å². The number of halogens is 1. The Kier molecular flexibility index (Phi) is 5.03. The van der Waals surface area contributed by atoms with Gasteiger partial charge in [-0.15, -0.1) is 0 Å². The van der Waals surface area contributed by atoms with E-state index in [9.17, 15) is 9.90 Å². The van der Waals surface area contributed by atoms with Crippen LogP contribution in [0, 0.1) is 0 Å². The van der Waals surface area contributed by atoms with Gasteiger partial charge in [0.2, 0.25) is 0 Å². The van der Waals surface area contributed by atoms with E-state index >= 15 is 0 Å². The first-order chi connectivity index (χ1) is 10.1. The van der Waals surface area contributed by atoms with Gasteiger partial charge in [0.25, 0.3) is 5.91 Å². The van der Waals surface area contributed by atoms with Crippen LogP contribution in [0.1, 0.15) is 10.4 Å². The summed E-state index contributed by atoms with van der Waals surface area (Å²) in [6.45, 7) is 0.874. The third kappa shape index (κ3) is 4.11. The number of ether oxygens (including phenoxy) is 1. The highest BCUT2D eigenvalue weighted by Crippen LogP contribution is 2.23. The van der Waals surface area contributed by atoms with Crippen LogP contribution >= 0.6 is 11.6 Å². The Morgan fingerprint density at radius 1 is 1.24 bits per heavy atom. The van der Waals surface area contributed by atoms with E-state index in [4.69, 9.17) is 22.1 Å². The number of phenolic OH excluding ortho intramolecular Hbond substituents is 1. The Balaban J connectivity index is 2.05. The molecule has 2 aromatic rings. The molecule has 0 aliphatic rings. The van der Waals surface area contributed by atoms with Gasteiger partial charge in [-0.2, -0.15) is 0 Å². The second kappa shape index (κ2) is 6.97. The van der Waals surface area contributed by atoms with Crippen molar-refractivity contribution in [1.29, 1.82) is 0 Å². The minimum Gasteiger partial charge on any atom is -0.507 e. The molecule has 0 saturated carbocycles. The number of hydrogen-bond donors (Lipinski definition) is 3. The molecule has 2 aromatic carbocycles. The number of hydrogen-bond acceptors (Lipinski definition) is 4. The summed E-state index contributed by atoms with van der Waals surface area (Å²) in [6.07, 6.45) is 0. The van der Waals surface area contributed by atoms with Crippen LogP contribution in [-0.2, 0) is 0 Å². The van der Waals surface area contributed by atoms with Crippen LogP contribution in [0.25, 0.3) is 0 Å². The number of amides is 1. The topological polar surface area (TPSA) is 84.6 Å². The van der Waals surface area contributed by atoms with Crippen molar-refractivity contribution < 1.29 is 14.6 Å². The molecule has 0 aromatic heterocycles. The molecule has 0 spiro atoms. The number of anilines is 1. The first-order valence-corrected chi connectivity index (χ1v) is 6.71. The molecule has 21 heavy (non-hydrogen) atoms. The fraction of sp³-hybridized carbons (Fsp3) is 0.133. The lowest BCUT2D eigenvalue weighted by molar-refractivity contribution is 0.102. The van der Waals surface area contributed by atoms with Crippen molar-refractivity contribution in [3.05, 3.63) is 53.1 Å². The second-order valence-corrected chi connectivity index (χ2v) is 4.71. The van der Waals surface area contributed by atoms with Gasteiger partial charge >= 0.3 is 0 Å². The zero-order chi connectivity index (χ0) is 15.2. The monoisotopic (exact) mass is 306 g/mol. The molecule has 0 atom stereocenters. The molecule has 0 radical (unpaired) electrons. The highest BCUT2D eigenvalue weighted by Gasteiger charge is 2.11. The maximum atomic E-state index is 12.0. The van der Waals surface area contributed by atoms with E-state index in [2.05, 4.69) is 5.32 Å². The summed E-state index contributed by atoms with van der Waals surface area (Å²) in [5.41, 5.74) is 6.09. The highest BCUT2D eigenvalue weighted by atomic mass is 35.5. The predicted molar refractivity (Wildman–Crippen MR) is 82.1 cm³/mol. The summed E-state index contributed by atoms with van der Waals surface area (Å²) >= 11 is 5.73. The van der Waals surface area contributed by atoms with Gasteiger partial charge in [-0.1, -0.05) is 11.6 Å². The molecule has 6 heteroatoms.